The first-order chi connectivity index (χ1) is 5.97. The van der Waals surface area contributed by atoms with E-state index in [0.717, 1.165) is 6.54 Å². The summed E-state index contributed by atoms with van der Waals surface area (Å²) in [7, 11) is 0. The van der Waals surface area contributed by atoms with E-state index in [2.05, 4.69) is 18.8 Å². The Morgan fingerprint density at radius 3 is 2.92 bits per heavy atom. The first-order valence-corrected chi connectivity index (χ1v) is 4.65. The highest BCUT2D eigenvalue weighted by Gasteiger charge is 2.37. The summed E-state index contributed by atoms with van der Waals surface area (Å²) in [5, 5.41) is 3.27. The normalized spacial score (nSPS) is 27.5. The van der Waals surface area contributed by atoms with E-state index in [1.165, 1.54) is 0 Å². The lowest BCUT2D eigenvalue weighted by molar-refractivity contribution is -0.140. The van der Waals surface area contributed by atoms with Crippen LogP contribution in [0.1, 0.15) is 20.8 Å². The molecule has 1 N–H and O–H groups in total. The molecule has 0 saturated carbocycles. The van der Waals surface area contributed by atoms with Gasteiger partial charge < -0.3 is 4.90 Å². The molecule has 0 aromatic carbocycles. The van der Waals surface area contributed by atoms with E-state index < -0.39 is 5.54 Å². The minimum atomic E-state index is -0.430. The Morgan fingerprint density at radius 1 is 1.77 bits per heavy atom. The summed E-state index contributed by atoms with van der Waals surface area (Å²) < 4.78 is 0. The quantitative estimate of drug-likeness (QED) is 0.640. The Balaban J connectivity index is 2.75. The van der Waals surface area contributed by atoms with Crippen LogP contribution in [0.2, 0.25) is 0 Å². The van der Waals surface area contributed by atoms with E-state index in [1.807, 2.05) is 18.7 Å². The van der Waals surface area contributed by atoms with Crippen LogP contribution in [-0.2, 0) is 4.79 Å². The average molecular weight is 182 g/mol. The van der Waals surface area contributed by atoms with Crippen LogP contribution in [-0.4, -0.2) is 35.5 Å². The fourth-order valence-electron chi connectivity index (χ4n) is 1.85. The SMILES string of the molecule is C=CCN1CC(C)NC(C)(C)C1=O. The van der Waals surface area contributed by atoms with E-state index in [9.17, 15) is 4.79 Å². The monoisotopic (exact) mass is 182 g/mol. The Morgan fingerprint density at radius 2 is 2.38 bits per heavy atom. The number of nitrogens with zero attached hydrogens (tertiary/aromatic N) is 1. The minimum absolute atomic E-state index is 0.158. The molecule has 0 aromatic rings. The standard InChI is InChI=1S/C10H18N2O/c1-5-6-12-7-8(2)11-10(3,4)9(12)13/h5,8,11H,1,6-7H2,2-4H3. The van der Waals surface area contributed by atoms with Crippen LogP contribution in [0.3, 0.4) is 0 Å². The molecule has 0 radical (unpaired) electrons. The maximum Gasteiger partial charge on any atom is 0.242 e. The van der Waals surface area contributed by atoms with Gasteiger partial charge in [0.1, 0.15) is 0 Å². The lowest BCUT2D eigenvalue weighted by Crippen LogP contribution is -2.64. The summed E-state index contributed by atoms with van der Waals surface area (Å²) in [6.45, 7) is 11.0. The van der Waals surface area contributed by atoms with Gasteiger partial charge in [-0.2, -0.15) is 0 Å². The molecule has 74 valence electrons. The molecule has 0 aliphatic carbocycles. The summed E-state index contributed by atoms with van der Waals surface area (Å²) in [5.74, 6) is 0.158. The van der Waals surface area contributed by atoms with Gasteiger partial charge in [0.15, 0.2) is 0 Å². The second-order valence-corrected chi connectivity index (χ2v) is 4.17. The molecule has 1 aliphatic heterocycles. The number of amides is 1. The van der Waals surface area contributed by atoms with Crippen molar-refractivity contribution in [2.24, 2.45) is 0 Å². The Bertz CT molecular complexity index is 223. The molecular formula is C10H18N2O. The molecule has 0 bridgehead atoms. The van der Waals surface area contributed by atoms with Crippen LogP contribution < -0.4 is 5.32 Å². The van der Waals surface area contributed by atoms with Crippen molar-refractivity contribution in [1.29, 1.82) is 0 Å². The average Bonchev–Trinajstić information content (AvgIpc) is 1.99. The molecule has 1 saturated heterocycles. The summed E-state index contributed by atoms with van der Waals surface area (Å²) in [5.41, 5.74) is -0.430. The molecule has 0 spiro atoms. The van der Waals surface area contributed by atoms with Gasteiger partial charge in [-0.3, -0.25) is 10.1 Å². The molecule has 1 amide bonds. The molecule has 1 aliphatic rings. The summed E-state index contributed by atoms with van der Waals surface area (Å²) in [6, 6.07) is 0.354. The number of piperazine rings is 1. The molecule has 3 nitrogen and oxygen atoms in total. The zero-order valence-corrected chi connectivity index (χ0v) is 8.63. The first-order valence-electron chi connectivity index (χ1n) is 4.65. The zero-order chi connectivity index (χ0) is 10.1. The van der Waals surface area contributed by atoms with Crippen molar-refractivity contribution in [3.05, 3.63) is 12.7 Å². The van der Waals surface area contributed by atoms with Crippen molar-refractivity contribution in [2.75, 3.05) is 13.1 Å². The van der Waals surface area contributed by atoms with Crippen LogP contribution in [0.15, 0.2) is 12.7 Å². The van der Waals surface area contributed by atoms with E-state index in [4.69, 9.17) is 0 Å². The predicted octanol–water partition coefficient (Wildman–Crippen LogP) is 0.771. The maximum atomic E-state index is 11.8. The van der Waals surface area contributed by atoms with Gasteiger partial charge in [0, 0.05) is 19.1 Å². The minimum Gasteiger partial charge on any atom is -0.336 e. The highest BCUT2D eigenvalue weighted by Crippen LogP contribution is 2.15. The molecule has 13 heavy (non-hydrogen) atoms. The molecule has 0 aromatic heterocycles. The van der Waals surface area contributed by atoms with Gasteiger partial charge in [0.25, 0.3) is 0 Å². The molecule has 1 atom stereocenters. The Labute approximate surface area is 79.8 Å². The van der Waals surface area contributed by atoms with Gasteiger partial charge in [0.2, 0.25) is 5.91 Å². The maximum absolute atomic E-state index is 11.8. The van der Waals surface area contributed by atoms with Crippen LogP contribution in [0.25, 0.3) is 0 Å². The largest absolute Gasteiger partial charge is 0.336 e. The van der Waals surface area contributed by atoms with Crippen LogP contribution in [0.5, 0.6) is 0 Å². The molecule has 1 rings (SSSR count). The van der Waals surface area contributed by atoms with E-state index in [0.29, 0.717) is 12.6 Å². The third-order valence-corrected chi connectivity index (χ3v) is 2.27. The Hall–Kier alpha value is -0.830. The number of carbonyl (C=O) groups excluding carboxylic acids is 1. The van der Waals surface area contributed by atoms with Crippen molar-refractivity contribution >= 4 is 5.91 Å². The van der Waals surface area contributed by atoms with Crippen molar-refractivity contribution < 1.29 is 4.79 Å². The smallest absolute Gasteiger partial charge is 0.242 e. The second-order valence-electron chi connectivity index (χ2n) is 4.17. The highest BCUT2D eigenvalue weighted by atomic mass is 16.2. The Kier molecular flexibility index (Phi) is 2.76. The zero-order valence-electron chi connectivity index (χ0n) is 8.63. The van der Waals surface area contributed by atoms with Crippen LogP contribution in [0, 0.1) is 0 Å². The number of hydrogen-bond acceptors (Lipinski definition) is 2. The fourth-order valence-corrected chi connectivity index (χ4v) is 1.85. The number of carbonyl (C=O) groups is 1. The van der Waals surface area contributed by atoms with Crippen molar-refractivity contribution in [3.8, 4) is 0 Å². The first kappa shape index (κ1) is 10.3. The summed E-state index contributed by atoms with van der Waals surface area (Å²) in [4.78, 5) is 13.6. The topological polar surface area (TPSA) is 32.3 Å². The molecule has 1 unspecified atom stereocenters. The fraction of sp³-hybridized carbons (Fsp3) is 0.700. The number of hydrogen-bond donors (Lipinski definition) is 1. The van der Waals surface area contributed by atoms with Gasteiger partial charge in [-0.05, 0) is 20.8 Å². The molecular weight excluding hydrogens is 164 g/mol. The van der Waals surface area contributed by atoms with Crippen LogP contribution in [0.4, 0.5) is 0 Å². The lowest BCUT2D eigenvalue weighted by atomic mass is 9.98. The van der Waals surface area contributed by atoms with E-state index in [1.54, 1.807) is 6.08 Å². The van der Waals surface area contributed by atoms with E-state index >= 15 is 0 Å². The third kappa shape index (κ3) is 2.10. The molecule has 3 heteroatoms. The number of nitrogens with one attached hydrogen (secondary N) is 1. The van der Waals surface area contributed by atoms with Gasteiger partial charge in [-0.25, -0.2) is 0 Å². The van der Waals surface area contributed by atoms with Crippen LogP contribution >= 0.6 is 0 Å². The lowest BCUT2D eigenvalue weighted by Gasteiger charge is -2.41. The number of rotatable bonds is 2. The van der Waals surface area contributed by atoms with Gasteiger partial charge in [-0.1, -0.05) is 6.08 Å². The van der Waals surface area contributed by atoms with Gasteiger partial charge >= 0.3 is 0 Å². The summed E-state index contributed by atoms with van der Waals surface area (Å²) >= 11 is 0. The van der Waals surface area contributed by atoms with Crippen molar-refractivity contribution in [3.63, 3.8) is 0 Å². The van der Waals surface area contributed by atoms with Crippen molar-refractivity contribution in [1.82, 2.24) is 10.2 Å². The highest BCUT2D eigenvalue weighted by molar-refractivity contribution is 5.86. The van der Waals surface area contributed by atoms with Crippen molar-refractivity contribution in [2.45, 2.75) is 32.4 Å². The predicted molar refractivity (Wildman–Crippen MR) is 53.5 cm³/mol. The molecule has 1 heterocycles. The third-order valence-electron chi connectivity index (χ3n) is 2.27. The van der Waals surface area contributed by atoms with Gasteiger partial charge in [-0.15, -0.1) is 6.58 Å². The van der Waals surface area contributed by atoms with Gasteiger partial charge in [0.05, 0.1) is 5.54 Å². The second kappa shape index (κ2) is 3.50. The summed E-state index contributed by atoms with van der Waals surface area (Å²) in [6.07, 6.45) is 1.77. The molecule has 1 fully saturated rings. The van der Waals surface area contributed by atoms with E-state index in [-0.39, 0.29) is 5.91 Å².